The molecule has 24 heavy (non-hydrogen) atoms. The molecule has 0 amide bonds. The van der Waals surface area contributed by atoms with Crippen molar-refractivity contribution < 1.29 is 18.9 Å². The van der Waals surface area contributed by atoms with Gasteiger partial charge in [0.25, 0.3) is 0 Å². The van der Waals surface area contributed by atoms with E-state index in [1.54, 1.807) is 0 Å². The normalized spacial score (nSPS) is 32.5. The van der Waals surface area contributed by atoms with Crippen molar-refractivity contribution in [3.8, 4) is 0 Å². The second kappa shape index (κ2) is 7.03. The van der Waals surface area contributed by atoms with Gasteiger partial charge in [-0.05, 0) is 12.5 Å². The van der Waals surface area contributed by atoms with E-state index < -0.39 is 0 Å². The van der Waals surface area contributed by atoms with Crippen LogP contribution in [-0.2, 0) is 25.6 Å². The summed E-state index contributed by atoms with van der Waals surface area (Å²) in [6, 6.07) is 20.2. The Kier molecular flexibility index (Phi) is 4.63. The second-order valence-electron chi connectivity index (χ2n) is 6.32. The zero-order valence-corrected chi connectivity index (χ0v) is 13.7. The van der Waals surface area contributed by atoms with Crippen molar-refractivity contribution in [2.24, 2.45) is 0 Å². The molecule has 5 atom stereocenters. The maximum Gasteiger partial charge on any atom is 0.184 e. The van der Waals surface area contributed by atoms with Crippen LogP contribution in [-0.4, -0.2) is 31.0 Å². The molecule has 0 aliphatic carbocycles. The van der Waals surface area contributed by atoms with Crippen LogP contribution in [0.4, 0.5) is 0 Å². The van der Waals surface area contributed by atoms with E-state index in [0.717, 1.165) is 11.1 Å². The third-order valence-corrected chi connectivity index (χ3v) is 4.62. The molecule has 0 spiro atoms. The molecule has 2 fully saturated rings. The quantitative estimate of drug-likeness (QED) is 0.862. The van der Waals surface area contributed by atoms with E-state index in [1.165, 1.54) is 0 Å². The van der Waals surface area contributed by atoms with E-state index in [2.05, 4.69) is 12.1 Å². The monoisotopic (exact) mass is 326 g/mol. The van der Waals surface area contributed by atoms with Gasteiger partial charge in [0.15, 0.2) is 6.29 Å². The summed E-state index contributed by atoms with van der Waals surface area (Å²) in [5.74, 6) is 0. The number of fused-ring (bicyclic) bond motifs is 1. The lowest BCUT2D eigenvalue weighted by molar-refractivity contribution is -0.161. The standard InChI is InChI=1S/C20H22O4/c1-14-18-19(24-20(23-18)16-10-6-3-7-11-16)17(13-21-14)22-12-15-8-4-2-5-9-15/h2-11,14,17-20H,12-13H2,1H3/t14?,17?,18-,19-,20+/m1/s1. The van der Waals surface area contributed by atoms with Crippen LogP contribution >= 0.6 is 0 Å². The van der Waals surface area contributed by atoms with E-state index in [0.29, 0.717) is 13.2 Å². The Bertz CT molecular complexity index is 645. The molecule has 2 aliphatic heterocycles. The minimum absolute atomic E-state index is 0.000266. The van der Waals surface area contributed by atoms with Gasteiger partial charge < -0.3 is 18.9 Å². The Morgan fingerprint density at radius 2 is 1.58 bits per heavy atom. The average Bonchev–Trinajstić information content (AvgIpc) is 3.09. The molecule has 0 N–H and O–H groups in total. The van der Waals surface area contributed by atoms with Gasteiger partial charge in [0.2, 0.25) is 0 Å². The summed E-state index contributed by atoms with van der Waals surface area (Å²) in [6.45, 7) is 3.10. The first kappa shape index (κ1) is 15.8. The summed E-state index contributed by atoms with van der Waals surface area (Å²) in [5, 5.41) is 0. The van der Waals surface area contributed by atoms with Crippen LogP contribution in [0.1, 0.15) is 24.3 Å². The first-order valence-electron chi connectivity index (χ1n) is 8.44. The Balaban J connectivity index is 1.45. The van der Waals surface area contributed by atoms with Gasteiger partial charge in [-0.15, -0.1) is 0 Å². The molecular weight excluding hydrogens is 304 g/mol. The van der Waals surface area contributed by atoms with Crippen LogP contribution in [0.2, 0.25) is 0 Å². The van der Waals surface area contributed by atoms with Crippen molar-refractivity contribution in [1.82, 2.24) is 0 Å². The van der Waals surface area contributed by atoms with Crippen LogP contribution in [0.15, 0.2) is 60.7 Å². The average molecular weight is 326 g/mol. The number of hydrogen-bond donors (Lipinski definition) is 0. The molecule has 2 aromatic rings. The van der Waals surface area contributed by atoms with Gasteiger partial charge in [-0.1, -0.05) is 60.7 Å². The molecule has 2 saturated heterocycles. The van der Waals surface area contributed by atoms with Crippen molar-refractivity contribution in [3.63, 3.8) is 0 Å². The number of benzene rings is 2. The molecule has 4 nitrogen and oxygen atoms in total. The van der Waals surface area contributed by atoms with E-state index in [-0.39, 0.29) is 30.7 Å². The Morgan fingerprint density at radius 3 is 2.33 bits per heavy atom. The van der Waals surface area contributed by atoms with Crippen molar-refractivity contribution in [1.29, 1.82) is 0 Å². The molecule has 0 radical (unpaired) electrons. The van der Waals surface area contributed by atoms with Gasteiger partial charge in [0.05, 0.1) is 19.3 Å². The summed E-state index contributed by atoms with van der Waals surface area (Å²) >= 11 is 0. The van der Waals surface area contributed by atoms with Crippen molar-refractivity contribution in [2.45, 2.75) is 44.2 Å². The molecule has 4 heteroatoms. The fourth-order valence-corrected chi connectivity index (χ4v) is 3.27. The maximum atomic E-state index is 6.20. The lowest BCUT2D eigenvalue weighted by Crippen LogP contribution is -2.51. The fourth-order valence-electron chi connectivity index (χ4n) is 3.27. The Labute approximate surface area is 142 Å². The SMILES string of the molecule is CC1OCC(OCc2ccccc2)[C@H]2O[C@@H](c3ccccc3)O[C@H]12. The minimum Gasteiger partial charge on any atom is -0.373 e. The summed E-state index contributed by atoms with van der Waals surface area (Å²) in [6.07, 6.45) is -0.694. The molecule has 0 aromatic heterocycles. The molecule has 4 rings (SSSR count). The van der Waals surface area contributed by atoms with Gasteiger partial charge in [-0.25, -0.2) is 0 Å². The highest BCUT2D eigenvalue weighted by atomic mass is 16.8. The molecule has 2 aromatic carbocycles. The maximum absolute atomic E-state index is 6.20. The van der Waals surface area contributed by atoms with Gasteiger partial charge in [0.1, 0.15) is 18.3 Å². The van der Waals surface area contributed by atoms with Crippen molar-refractivity contribution in [3.05, 3.63) is 71.8 Å². The number of hydrogen-bond acceptors (Lipinski definition) is 4. The van der Waals surface area contributed by atoms with E-state index in [9.17, 15) is 0 Å². The molecular formula is C20H22O4. The van der Waals surface area contributed by atoms with Crippen LogP contribution in [0, 0.1) is 0 Å². The zero-order chi connectivity index (χ0) is 16.4. The van der Waals surface area contributed by atoms with Gasteiger partial charge in [0, 0.05) is 5.56 Å². The second-order valence-corrected chi connectivity index (χ2v) is 6.32. The summed E-state index contributed by atoms with van der Waals surface area (Å²) in [7, 11) is 0. The van der Waals surface area contributed by atoms with Crippen LogP contribution in [0.5, 0.6) is 0 Å². The highest BCUT2D eigenvalue weighted by Gasteiger charge is 2.48. The first-order chi connectivity index (χ1) is 11.8. The third-order valence-electron chi connectivity index (χ3n) is 4.62. The summed E-state index contributed by atoms with van der Waals surface area (Å²) < 4.78 is 24.2. The zero-order valence-electron chi connectivity index (χ0n) is 13.7. The molecule has 2 heterocycles. The lowest BCUT2D eigenvalue weighted by atomic mass is 10.0. The van der Waals surface area contributed by atoms with E-state index in [4.69, 9.17) is 18.9 Å². The molecule has 2 unspecified atom stereocenters. The van der Waals surface area contributed by atoms with Gasteiger partial charge in [-0.3, -0.25) is 0 Å². The van der Waals surface area contributed by atoms with E-state index in [1.807, 2.05) is 55.5 Å². The predicted molar refractivity (Wildman–Crippen MR) is 89.4 cm³/mol. The summed E-state index contributed by atoms with van der Waals surface area (Å²) in [5.41, 5.74) is 2.17. The van der Waals surface area contributed by atoms with Crippen LogP contribution in [0.25, 0.3) is 0 Å². The Morgan fingerprint density at radius 1 is 0.917 bits per heavy atom. The molecule has 0 bridgehead atoms. The summed E-state index contributed by atoms with van der Waals surface area (Å²) in [4.78, 5) is 0. The van der Waals surface area contributed by atoms with Crippen molar-refractivity contribution >= 4 is 0 Å². The third kappa shape index (κ3) is 3.23. The fraction of sp³-hybridized carbons (Fsp3) is 0.400. The smallest absolute Gasteiger partial charge is 0.184 e. The van der Waals surface area contributed by atoms with Crippen LogP contribution < -0.4 is 0 Å². The largest absolute Gasteiger partial charge is 0.373 e. The minimum atomic E-state index is -0.354. The highest BCUT2D eigenvalue weighted by molar-refractivity contribution is 5.17. The molecule has 0 saturated carbocycles. The topological polar surface area (TPSA) is 36.9 Å². The Hall–Kier alpha value is -1.72. The van der Waals surface area contributed by atoms with Crippen LogP contribution in [0.3, 0.4) is 0 Å². The molecule has 126 valence electrons. The first-order valence-corrected chi connectivity index (χ1v) is 8.44. The van der Waals surface area contributed by atoms with Crippen molar-refractivity contribution in [2.75, 3.05) is 6.61 Å². The lowest BCUT2D eigenvalue weighted by Gasteiger charge is -2.35. The number of ether oxygens (including phenoxy) is 4. The predicted octanol–water partition coefficient (Wildman–Crippen LogP) is 3.47. The van der Waals surface area contributed by atoms with E-state index >= 15 is 0 Å². The highest BCUT2D eigenvalue weighted by Crippen LogP contribution is 2.38. The number of rotatable bonds is 4. The molecule has 2 aliphatic rings. The van der Waals surface area contributed by atoms with Gasteiger partial charge in [-0.2, -0.15) is 0 Å². The van der Waals surface area contributed by atoms with Gasteiger partial charge >= 0.3 is 0 Å².